The summed E-state index contributed by atoms with van der Waals surface area (Å²) < 4.78 is 2.46. The fourth-order valence-corrected chi connectivity index (χ4v) is 4.77. The monoisotopic (exact) mass is 367 g/mol. The molecule has 7 nitrogen and oxygen atoms in total. The molecule has 5 rings (SSSR count). The van der Waals surface area contributed by atoms with Crippen molar-refractivity contribution in [2.75, 3.05) is 45.4 Å². The molecule has 0 atom stereocenters. The van der Waals surface area contributed by atoms with E-state index in [0.29, 0.717) is 0 Å². The van der Waals surface area contributed by atoms with Crippen LogP contribution in [0.4, 0.5) is 5.95 Å². The molecule has 0 saturated heterocycles. The molecule has 1 spiro atoms. The van der Waals surface area contributed by atoms with Crippen molar-refractivity contribution in [1.82, 2.24) is 24.7 Å². The molecule has 2 aliphatic heterocycles. The number of benzene rings is 1. The molecular formula is C20H29N7. The van der Waals surface area contributed by atoms with E-state index in [2.05, 4.69) is 62.9 Å². The molecule has 0 radical (unpaired) electrons. The number of nitrogens with one attached hydrogen (secondary N) is 1. The molecule has 3 heterocycles. The zero-order valence-corrected chi connectivity index (χ0v) is 16.4. The highest BCUT2D eigenvalue weighted by molar-refractivity contribution is 5.99. The Balaban J connectivity index is 1.51. The number of guanidine groups is 1. The average molecular weight is 368 g/mol. The first-order chi connectivity index (χ1) is 13.2. The first kappa shape index (κ1) is 17.0. The van der Waals surface area contributed by atoms with E-state index in [-0.39, 0.29) is 5.66 Å². The van der Waals surface area contributed by atoms with Crippen molar-refractivity contribution in [3.63, 3.8) is 0 Å². The van der Waals surface area contributed by atoms with E-state index in [1.54, 1.807) is 0 Å². The van der Waals surface area contributed by atoms with Crippen molar-refractivity contribution in [1.29, 1.82) is 0 Å². The fraction of sp³-hybridized carbons (Fsp3) is 0.600. The minimum atomic E-state index is -0.0616. The Bertz CT molecular complexity index is 862. The molecule has 0 unspecified atom stereocenters. The van der Waals surface area contributed by atoms with Gasteiger partial charge in [0.05, 0.1) is 24.4 Å². The molecule has 0 amide bonds. The smallest absolute Gasteiger partial charge is 0.216 e. The first-order valence-corrected chi connectivity index (χ1v) is 10.1. The van der Waals surface area contributed by atoms with Crippen molar-refractivity contribution >= 4 is 22.9 Å². The van der Waals surface area contributed by atoms with Gasteiger partial charge in [-0.15, -0.1) is 0 Å². The van der Waals surface area contributed by atoms with Gasteiger partial charge in [0, 0.05) is 6.54 Å². The Morgan fingerprint density at radius 1 is 1.19 bits per heavy atom. The van der Waals surface area contributed by atoms with Crippen LogP contribution in [0.2, 0.25) is 0 Å². The van der Waals surface area contributed by atoms with Gasteiger partial charge < -0.3 is 10.2 Å². The van der Waals surface area contributed by atoms with Gasteiger partial charge in [0.15, 0.2) is 0 Å². The standard InChI is InChI=1S/C20H29N7/c1-24(2)12-7-13-25-14-21-18-23-20(10-5-6-11-20)27-17-9-4-3-8-16(17)22-19(27)26(18)15-25/h3-4,8-9H,5-7,10-15H2,1-2H3,(H,21,23). The predicted octanol–water partition coefficient (Wildman–Crippen LogP) is 2.21. The number of imidazole rings is 1. The van der Waals surface area contributed by atoms with E-state index < -0.39 is 0 Å². The second-order valence-electron chi connectivity index (χ2n) is 8.34. The average Bonchev–Trinajstić information content (AvgIpc) is 3.27. The number of aromatic nitrogens is 2. The van der Waals surface area contributed by atoms with Gasteiger partial charge >= 0.3 is 0 Å². The topological polar surface area (TPSA) is 51.9 Å². The summed E-state index contributed by atoms with van der Waals surface area (Å²) in [5.74, 6) is 2.05. The number of nitrogens with zero attached hydrogens (tertiary/aromatic N) is 6. The molecule has 1 fully saturated rings. The van der Waals surface area contributed by atoms with Crippen LogP contribution >= 0.6 is 0 Å². The van der Waals surface area contributed by atoms with E-state index >= 15 is 0 Å². The highest BCUT2D eigenvalue weighted by Gasteiger charge is 2.46. The SMILES string of the molecule is CN(C)CCCN1CN=C2NC3(CCCC3)n3c(nc4ccccc43)N2C1. The van der Waals surface area contributed by atoms with E-state index in [1.807, 2.05) is 0 Å². The Labute approximate surface area is 160 Å². The van der Waals surface area contributed by atoms with Crippen molar-refractivity contribution in [3.05, 3.63) is 24.3 Å². The van der Waals surface area contributed by atoms with E-state index in [1.165, 1.54) is 18.4 Å². The van der Waals surface area contributed by atoms with Gasteiger partial charge in [-0.3, -0.25) is 14.4 Å². The second kappa shape index (κ2) is 6.49. The summed E-state index contributed by atoms with van der Waals surface area (Å²) in [5.41, 5.74) is 2.24. The van der Waals surface area contributed by atoms with Gasteiger partial charge in [0.25, 0.3) is 0 Å². The lowest BCUT2D eigenvalue weighted by molar-refractivity contribution is 0.224. The summed E-state index contributed by atoms with van der Waals surface area (Å²) in [6, 6.07) is 8.52. The number of hydrogen-bond acceptors (Lipinski definition) is 6. The van der Waals surface area contributed by atoms with Crippen LogP contribution in [0.25, 0.3) is 11.0 Å². The van der Waals surface area contributed by atoms with Gasteiger partial charge in [-0.2, -0.15) is 0 Å². The zero-order valence-electron chi connectivity index (χ0n) is 16.4. The lowest BCUT2D eigenvalue weighted by atomic mass is 10.1. The fourth-order valence-electron chi connectivity index (χ4n) is 4.77. The van der Waals surface area contributed by atoms with Crippen LogP contribution < -0.4 is 10.2 Å². The number of anilines is 1. The third-order valence-corrected chi connectivity index (χ3v) is 6.08. The molecule has 1 aromatic heterocycles. The number of para-hydroxylation sites is 2. The highest BCUT2D eigenvalue weighted by atomic mass is 15.6. The molecule has 1 saturated carbocycles. The highest BCUT2D eigenvalue weighted by Crippen LogP contribution is 2.42. The Hall–Kier alpha value is -2.12. The maximum absolute atomic E-state index is 5.03. The number of aliphatic imine (C=N–C) groups is 1. The molecule has 0 bridgehead atoms. The summed E-state index contributed by atoms with van der Waals surface area (Å²) in [4.78, 5) is 16.9. The second-order valence-corrected chi connectivity index (χ2v) is 8.34. The maximum atomic E-state index is 5.03. The van der Waals surface area contributed by atoms with Crippen LogP contribution in [0.3, 0.4) is 0 Å². The minimum Gasteiger partial charge on any atom is -0.333 e. The van der Waals surface area contributed by atoms with Gasteiger partial charge in [0.1, 0.15) is 5.66 Å². The Morgan fingerprint density at radius 3 is 2.81 bits per heavy atom. The predicted molar refractivity (Wildman–Crippen MR) is 109 cm³/mol. The van der Waals surface area contributed by atoms with Gasteiger partial charge in [0.2, 0.25) is 11.9 Å². The van der Waals surface area contributed by atoms with Crippen LogP contribution in [0, 0.1) is 0 Å². The summed E-state index contributed by atoms with van der Waals surface area (Å²) in [7, 11) is 4.26. The van der Waals surface area contributed by atoms with E-state index in [0.717, 1.165) is 63.1 Å². The van der Waals surface area contributed by atoms with Crippen LogP contribution in [0.5, 0.6) is 0 Å². The van der Waals surface area contributed by atoms with Gasteiger partial charge in [-0.25, -0.2) is 9.98 Å². The lowest BCUT2D eigenvalue weighted by Crippen LogP contribution is -2.63. The number of hydrogen-bond donors (Lipinski definition) is 1. The summed E-state index contributed by atoms with van der Waals surface area (Å²) in [5, 5.41) is 3.82. The molecule has 1 N–H and O–H groups in total. The van der Waals surface area contributed by atoms with Crippen molar-refractivity contribution in [2.45, 2.75) is 37.8 Å². The van der Waals surface area contributed by atoms with Crippen LogP contribution in [-0.4, -0.2) is 65.8 Å². The van der Waals surface area contributed by atoms with E-state index in [4.69, 9.17) is 9.98 Å². The largest absolute Gasteiger partial charge is 0.333 e. The molecule has 7 heteroatoms. The first-order valence-electron chi connectivity index (χ1n) is 10.1. The van der Waals surface area contributed by atoms with Crippen molar-refractivity contribution in [3.8, 4) is 0 Å². The van der Waals surface area contributed by atoms with Crippen LogP contribution in [-0.2, 0) is 5.66 Å². The maximum Gasteiger partial charge on any atom is 0.216 e. The molecule has 27 heavy (non-hydrogen) atoms. The lowest BCUT2D eigenvalue weighted by Gasteiger charge is -2.46. The van der Waals surface area contributed by atoms with Crippen molar-refractivity contribution < 1.29 is 0 Å². The molecule has 1 aliphatic carbocycles. The summed E-state index contributed by atoms with van der Waals surface area (Å²) >= 11 is 0. The number of rotatable bonds is 4. The van der Waals surface area contributed by atoms with Crippen LogP contribution in [0.1, 0.15) is 32.1 Å². The Morgan fingerprint density at radius 2 is 2.00 bits per heavy atom. The normalized spacial score (nSPS) is 21.4. The minimum absolute atomic E-state index is 0.0616. The summed E-state index contributed by atoms with van der Waals surface area (Å²) in [6.45, 7) is 3.77. The molecule has 1 aromatic carbocycles. The molecule has 3 aliphatic rings. The summed E-state index contributed by atoms with van der Waals surface area (Å²) in [6.07, 6.45) is 5.94. The zero-order chi connectivity index (χ0) is 18.4. The Kier molecular flexibility index (Phi) is 4.09. The quantitative estimate of drug-likeness (QED) is 0.898. The van der Waals surface area contributed by atoms with Gasteiger partial charge in [-0.05, 0) is 64.9 Å². The van der Waals surface area contributed by atoms with Gasteiger partial charge in [-0.1, -0.05) is 12.1 Å². The van der Waals surface area contributed by atoms with E-state index in [9.17, 15) is 0 Å². The molecular weight excluding hydrogens is 338 g/mol. The molecule has 144 valence electrons. The third kappa shape index (κ3) is 2.80. The third-order valence-electron chi connectivity index (χ3n) is 6.08. The molecule has 2 aromatic rings. The number of fused-ring (bicyclic) bond motifs is 6. The van der Waals surface area contributed by atoms with Crippen molar-refractivity contribution in [2.24, 2.45) is 4.99 Å². The van der Waals surface area contributed by atoms with Crippen LogP contribution in [0.15, 0.2) is 29.3 Å².